The second kappa shape index (κ2) is 6.85. The third kappa shape index (κ3) is 3.27. The first-order chi connectivity index (χ1) is 12.5. The molecule has 0 aromatic heterocycles. The van der Waals surface area contributed by atoms with Crippen molar-refractivity contribution in [2.45, 2.75) is 35.6 Å². The number of amides is 1. The Labute approximate surface area is 153 Å². The van der Waals surface area contributed by atoms with E-state index in [0.717, 1.165) is 19.4 Å². The smallest absolute Gasteiger partial charge is 0.252 e. The van der Waals surface area contributed by atoms with E-state index in [4.69, 9.17) is 4.74 Å². The molecule has 1 N–H and O–H groups in total. The van der Waals surface area contributed by atoms with Crippen molar-refractivity contribution in [1.82, 2.24) is 5.32 Å². The van der Waals surface area contributed by atoms with Crippen LogP contribution in [-0.2, 0) is 20.3 Å². The Hall–Kier alpha value is -2.18. The molecule has 1 saturated carbocycles. The van der Waals surface area contributed by atoms with E-state index in [1.165, 1.54) is 6.07 Å². The number of carbonyl (C=O) groups is 1. The molecule has 2 aliphatic rings. The van der Waals surface area contributed by atoms with Gasteiger partial charge in [0.1, 0.15) is 0 Å². The lowest BCUT2D eigenvalue weighted by atomic mass is 9.76. The minimum absolute atomic E-state index is 0.0693. The molecule has 2 fully saturated rings. The van der Waals surface area contributed by atoms with Gasteiger partial charge in [-0.05, 0) is 30.5 Å². The Morgan fingerprint density at radius 2 is 1.81 bits per heavy atom. The maximum Gasteiger partial charge on any atom is 0.252 e. The summed E-state index contributed by atoms with van der Waals surface area (Å²) in [6, 6.07) is 15.5. The number of nitrogens with one attached hydrogen (secondary N) is 1. The highest BCUT2D eigenvalue weighted by atomic mass is 32.2. The fraction of sp³-hybridized carbons (Fsp3) is 0.350. The van der Waals surface area contributed by atoms with Gasteiger partial charge in [-0.15, -0.1) is 0 Å². The average molecular weight is 371 g/mol. The number of hydrogen-bond acceptors (Lipinski definition) is 4. The maximum absolute atomic E-state index is 12.9. The number of hydrogen-bond donors (Lipinski definition) is 1. The fourth-order valence-corrected chi connectivity index (χ4v) is 5.37. The number of ether oxygens (including phenoxy) is 1. The summed E-state index contributed by atoms with van der Waals surface area (Å²) in [6.07, 6.45) is 2.00. The van der Waals surface area contributed by atoms with Crippen molar-refractivity contribution in [3.63, 3.8) is 0 Å². The number of sulfone groups is 1. The molecule has 5 nitrogen and oxygen atoms in total. The van der Waals surface area contributed by atoms with E-state index in [1.54, 1.807) is 42.5 Å². The molecule has 136 valence electrons. The summed E-state index contributed by atoms with van der Waals surface area (Å²) < 4.78 is 31.3. The minimum Gasteiger partial charge on any atom is -0.378 e. The zero-order valence-electron chi connectivity index (χ0n) is 14.3. The van der Waals surface area contributed by atoms with Gasteiger partial charge >= 0.3 is 0 Å². The van der Waals surface area contributed by atoms with Gasteiger partial charge in [0.25, 0.3) is 5.91 Å². The molecule has 1 saturated heterocycles. The van der Waals surface area contributed by atoms with E-state index in [1.807, 2.05) is 6.07 Å². The van der Waals surface area contributed by atoms with Crippen molar-refractivity contribution in [3.05, 3.63) is 65.7 Å². The average Bonchev–Trinajstić information content (AvgIpc) is 3.01. The molecular weight excluding hydrogens is 350 g/mol. The van der Waals surface area contributed by atoms with Crippen LogP contribution in [0.3, 0.4) is 0 Å². The van der Waals surface area contributed by atoms with Crippen molar-refractivity contribution in [2.75, 3.05) is 6.61 Å². The number of fused-ring (bicyclic) bond motifs is 1. The van der Waals surface area contributed by atoms with Crippen LogP contribution >= 0.6 is 0 Å². The lowest BCUT2D eigenvalue weighted by Crippen LogP contribution is -2.53. The van der Waals surface area contributed by atoms with Crippen molar-refractivity contribution < 1.29 is 17.9 Å². The Kier molecular flexibility index (Phi) is 4.54. The summed E-state index contributed by atoms with van der Waals surface area (Å²) in [6.45, 7) is 0.740. The van der Waals surface area contributed by atoms with E-state index in [0.29, 0.717) is 11.5 Å². The van der Waals surface area contributed by atoms with Gasteiger partial charge in [-0.1, -0.05) is 42.5 Å². The standard InChI is InChI=1S/C20H21NO4S/c22-20(21-17-12-18-15(17)10-11-25-18)16-8-4-5-9-19(16)26(23,24)13-14-6-2-1-3-7-14/h1-9,15,17-18H,10-13H2,(H,21,22)/t15-,17+,18+/m0/s1. The van der Waals surface area contributed by atoms with E-state index in [9.17, 15) is 13.2 Å². The van der Waals surface area contributed by atoms with E-state index in [2.05, 4.69) is 5.32 Å². The van der Waals surface area contributed by atoms with Gasteiger partial charge in [0.2, 0.25) is 0 Å². The van der Waals surface area contributed by atoms with Gasteiger partial charge in [0, 0.05) is 18.6 Å². The highest BCUT2D eigenvalue weighted by molar-refractivity contribution is 7.90. The second-order valence-electron chi connectivity index (χ2n) is 6.92. The molecule has 4 rings (SSSR count). The van der Waals surface area contributed by atoms with Crippen molar-refractivity contribution >= 4 is 15.7 Å². The molecule has 3 atom stereocenters. The SMILES string of the molecule is O=C(N[C@@H]1C[C@H]2OCC[C@@H]12)c1ccccc1S(=O)(=O)Cc1ccccc1. The van der Waals surface area contributed by atoms with Crippen LogP contribution in [0, 0.1) is 5.92 Å². The summed E-state index contributed by atoms with van der Waals surface area (Å²) in [5.41, 5.74) is 0.915. The van der Waals surface area contributed by atoms with Crippen molar-refractivity contribution in [3.8, 4) is 0 Å². The topological polar surface area (TPSA) is 72.5 Å². The van der Waals surface area contributed by atoms with Crippen LogP contribution in [0.15, 0.2) is 59.5 Å². The van der Waals surface area contributed by atoms with Gasteiger partial charge in [-0.25, -0.2) is 8.42 Å². The van der Waals surface area contributed by atoms with Crippen LogP contribution < -0.4 is 5.32 Å². The van der Waals surface area contributed by atoms with Gasteiger partial charge in [-0.2, -0.15) is 0 Å². The zero-order chi connectivity index (χ0) is 18.1. The Morgan fingerprint density at radius 3 is 2.58 bits per heavy atom. The lowest BCUT2D eigenvalue weighted by molar-refractivity contribution is 0.00805. The van der Waals surface area contributed by atoms with E-state index in [-0.39, 0.29) is 34.3 Å². The third-order valence-corrected chi connectivity index (χ3v) is 6.99. The predicted octanol–water partition coefficient (Wildman–Crippen LogP) is 2.57. The lowest BCUT2D eigenvalue weighted by Gasteiger charge is -2.39. The highest BCUT2D eigenvalue weighted by Crippen LogP contribution is 2.38. The quantitative estimate of drug-likeness (QED) is 0.877. The summed E-state index contributed by atoms with van der Waals surface area (Å²) in [7, 11) is -3.62. The molecule has 0 spiro atoms. The minimum atomic E-state index is -3.62. The van der Waals surface area contributed by atoms with Crippen molar-refractivity contribution in [1.29, 1.82) is 0 Å². The first kappa shape index (κ1) is 17.2. The van der Waals surface area contributed by atoms with Crippen LogP contribution in [0.25, 0.3) is 0 Å². The third-order valence-electron chi connectivity index (χ3n) is 5.25. The largest absolute Gasteiger partial charge is 0.378 e. The predicted molar refractivity (Wildman–Crippen MR) is 97.5 cm³/mol. The molecule has 2 aromatic carbocycles. The fourth-order valence-electron chi connectivity index (χ4n) is 3.81. The number of rotatable bonds is 5. The normalized spacial score (nSPS) is 24.5. The molecule has 1 amide bonds. The number of benzene rings is 2. The Balaban J connectivity index is 1.55. The molecule has 1 heterocycles. The van der Waals surface area contributed by atoms with Crippen LogP contribution in [0.2, 0.25) is 0 Å². The van der Waals surface area contributed by atoms with E-state index >= 15 is 0 Å². The summed E-state index contributed by atoms with van der Waals surface area (Å²) in [4.78, 5) is 12.8. The van der Waals surface area contributed by atoms with Gasteiger partial charge in [-0.3, -0.25) is 4.79 Å². The first-order valence-electron chi connectivity index (χ1n) is 8.83. The second-order valence-corrected chi connectivity index (χ2v) is 8.88. The summed E-state index contributed by atoms with van der Waals surface area (Å²) in [5.74, 6) is -0.0975. The van der Waals surface area contributed by atoms with Gasteiger partial charge in [0.15, 0.2) is 9.84 Å². The van der Waals surface area contributed by atoms with Crippen LogP contribution in [-0.4, -0.2) is 33.1 Å². The van der Waals surface area contributed by atoms with Crippen LogP contribution in [0.1, 0.15) is 28.8 Å². The highest BCUT2D eigenvalue weighted by Gasteiger charge is 2.46. The molecule has 0 radical (unpaired) electrons. The monoisotopic (exact) mass is 371 g/mol. The molecule has 26 heavy (non-hydrogen) atoms. The van der Waals surface area contributed by atoms with Crippen LogP contribution in [0.5, 0.6) is 0 Å². The Bertz CT molecular complexity index is 910. The molecular formula is C20H21NO4S. The molecule has 0 bridgehead atoms. The molecule has 1 aliphatic heterocycles. The molecule has 0 unspecified atom stereocenters. The zero-order valence-corrected chi connectivity index (χ0v) is 15.1. The van der Waals surface area contributed by atoms with Crippen LogP contribution in [0.4, 0.5) is 0 Å². The number of carbonyl (C=O) groups excluding carboxylic acids is 1. The van der Waals surface area contributed by atoms with Gasteiger partial charge < -0.3 is 10.1 Å². The maximum atomic E-state index is 12.9. The summed E-state index contributed by atoms with van der Waals surface area (Å²) in [5, 5.41) is 3.00. The van der Waals surface area contributed by atoms with Crippen molar-refractivity contribution in [2.24, 2.45) is 5.92 Å². The summed E-state index contributed by atoms with van der Waals surface area (Å²) >= 11 is 0. The molecule has 2 aromatic rings. The Morgan fingerprint density at radius 1 is 1.08 bits per heavy atom. The van der Waals surface area contributed by atoms with Gasteiger partial charge in [0.05, 0.1) is 22.3 Å². The van der Waals surface area contributed by atoms with E-state index < -0.39 is 9.84 Å². The first-order valence-corrected chi connectivity index (χ1v) is 10.5. The molecule has 1 aliphatic carbocycles. The molecule has 6 heteroatoms.